The lowest BCUT2D eigenvalue weighted by Crippen LogP contribution is -2.52. The van der Waals surface area contributed by atoms with E-state index in [9.17, 15) is 9.18 Å². The number of hydrogen-bond donors (Lipinski definition) is 1. The summed E-state index contributed by atoms with van der Waals surface area (Å²) in [6, 6.07) is 4.55. The third-order valence-electron chi connectivity index (χ3n) is 3.70. The number of hydrogen-bond acceptors (Lipinski definition) is 4. The Labute approximate surface area is 124 Å². The minimum Gasteiger partial charge on any atom is -0.494 e. The van der Waals surface area contributed by atoms with Gasteiger partial charge in [0.1, 0.15) is 0 Å². The minimum atomic E-state index is -0.452. The van der Waals surface area contributed by atoms with Crippen molar-refractivity contribution in [1.82, 2.24) is 9.80 Å². The van der Waals surface area contributed by atoms with Gasteiger partial charge in [0.15, 0.2) is 11.6 Å². The molecule has 1 aromatic carbocycles. The zero-order chi connectivity index (χ0) is 15.4. The van der Waals surface area contributed by atoms with Gasteiger partial charge in [0.2, 0.25) is 5.91 Å². The maximum Gasteiger partial charge on any atom is 0.239 e. The highest BCUT2D eigenvalue weighted by atomic mass is 19.1. The van der Waals surface area contributed by atoms with Crippen LogP contribution in [0.2, 0.25) is 0 Å². The Bertz CT molecular complexity index is 500. The van der Waals surface area contributed by atoms with Crippen molar-refractivity contribution >= 4 is 5.91 Å². The topological polar surface area (TPSA) is 58.8 Å². The van der Waals surface area contributed by atoms with Gasteiger partial charge in [-0.15, -0.1) is 0 Å². The molecule has 0 spiro atoms. The molecule has 0 aromatic heterocycles. The van der Waals surface area contributed by atoms with Gasteiger partial charge < -0.3 is 15.4 Å². The first-order chi connectivity index (χ1) is 10.0. The molecule has 0 bridgehead atoms. The van der Waals surface area contributed by atoms with Crippen molar-refractivity contribution in [3.05, 3.63) is 29.6 Å². The van der Waals surface area contributed by atoms with E-state index in [1.54, 1.807) is 17.9 Å². The fourth-order valence-electron chi connectivity index (χ4n) is 2.48. The second kappa shape index (κ2) is 6.87. The lowest BCUT2D eigenvalue weighted by atomic mass is 10.1. The average Bonchev–Trinajstić information content (AvgIpc) is 2.47. The quantitative estimate of drug-likeness (QED) is 0.894. The number of halogens is 1. The Hall–Kier alpha value is -1.66. The molecule has 1 fully saturated rings. The summed E-state index contributed by atoms with van der Waals surface area (Å²) in [6.45, 7) is 5.24. The highest BCUT2D eigenvalue weighted by Crippen LogP contribution is 2.19. The number of piperazine rings is 1. The molecule has 1 saturated heterocycles. The van der Waals surface area contributed by atoms with E-state index in [0.29, 0.717) is 19.6 Å². The molecule has 0 aliphatic carbocycles. The fraction of sp³-hybridized carbons (Fsp3) is 0.533. The van der Waals surface area contributed by atoms with Crippen LogP contribution in [-0.4, -0.2) is 55.0 Å². The van der Waals surface area contributed by atoms with Gasteiger partial charge in [0, 0.05) is 32.7 Å². The number of nitrogens with two attached hydrogens (primary N) is 1. The van der Waals surface area contributed by atoms with Crippen molar-refractivity contribution in [2.24, 2.45) is 5.73 Å². The second-order valence-corrected chi connectivity index (χ2v) is 5.36. The predicted octanol–water partition coefficient (Wildman–Crippen LogP) is 0.826. The molecule has 1 amide bonds. The van der Waals surface area contributed by atoms with Gasteiger partial charge in [-0.2, -0.15) is 0 Å². The molecule has 2 N–H and O–H groups in total. The first-order valence-corrected chi connectivity index (χ1v) is 7.10. The summed E-state index contributed by atoms with van der Waals surface area (Å²) in [7, 11) is 1.45. The molecule has 1 unspecified atom stereocenters. The Morgan fingerprint density at radius 2 is 2.05 bits per heavy atom. The van der Waals surface area contributed by atoms with Gasteiger partial charge in [0.25, 0.3) is 0 Å². The van der Waals surface area contributed by atoms with E-state index < -0.39 is 6.04 Å². The number of methoxy groups -OCH3 is 1. The number of benzene rings is 1. The Balaban J connectivity index is 1.89. The van der Waals surface area contributed by atoms with Crippen LogP contribution in [0.4, 0.5) is 4.39 Å². The van der Waals surface area contributed by atoms with Gasteiger partial charge in [-0.3, -0.25) is 9.69 Å². The number of nitrogens with zero attached hydrogens (tertiary/aromatic N) is 2. The molecule has 0 radical (unpaired) electrons. The molecule has 1 atom stereocenters. The average molecular weight is 295 g/mol. The number of amides is 1. The first kappa shape index (κ1) is 15.7. The first-order valence-electron chi connectivity index (χ1n) is 7.10. The van der Waals surface area contributed by atoms with Crippen LogP contribution in [0.5, 0.6) is 5.75 Å². The molecule has 6 heteroatoms. The van der Waals surface area contributed by atoms with Crippen LogP contribution in [-0.2, 0) is 11.3 Å². The summed E-state index contributed by atoms with van der Waals surface area (Å²) >= 11 is 0. The van der Waals surface area contributed by atoms with Gasteiger partial charge >= 0.3 is 0 Å². The van der Waals surface area contributed by atoms with E-state index in [1.165, 1.54) is 13.2 Å². The Morgan fingerprint density at radius 3 is 2.57 bits per heavy atom. The van der Waals surface area contributed by atoms with E-state index in [-0.39, 0.29) is 17.5 Å². The lowest BCUT2D eigenvalue weighted by Gasteiger charge is -2.35. The summed E-state index contributed by atoms with van der Waals surface area (Å²) < 4.78 is 18.6. The normalized spacial score (nSPS) is 17.6. The van der Waals surface area contributed by atoms with E-state index >= 15 is 0 Å². The van der Waals surface area contributed by atoms with E-state index in [1.807, 2.05) is 6.07 Å². The van der Waals surface area contributed by atoms with Crippen molar-refractivity contribution in [2.45, 2.75) is 19.5 Å². The summed E-state index contributed by atoms with van der Waals surface area (Å²) in [6.07, 6.45) is 0. The maximum atomic E-state index is 13.7. The Kier molecular flexibility index (Phi) is 5.14. The molecular formula is C15H22FN3O2. The van der Waals surface area contributed by atoms with Crippen LogP contribution < -0.4 is 10.5 Å². The van der Waals surface area contributed by atoms with Crippen molar-refractivity contribution in [1.29, 1.82) is 0 Å². The molecule has 0 saturated carbocycles. The summed E-state index contributed by atoms with van der Waals surface area (Å²) in [4.78, 5) is 15.8. The van der Waals surface area contributed by atoms with Gasteiger partial charge in [0.05, 0.1) is 13.2 Å². The number of ether oxygens (including phenoxy) is 1. The SMILES string of the molecule is COc1ccc(CN2CCN(C(=O)C(C)N)CC2)cc1F. The van der Waals surface area contributed by atoms with Gasteiger partial charge in [-0.25, -0.2) is 4.39 Å². The summed E-state index contributed by atoms with van der Waals surface area (Å²) in [5.74, 6) is -0.1000. The number of rotatable bonds is 4. The molecule has 21 heavy (non-hydrogen) atoms. The standard InChI is InChI=1S/C15H22FN3O2/c1-11(17)15(20)19-7-5-18(6-8-19)10-12-3-4-14(21-2)13(16)9-12/h3-4,9,11H,5-8,10,17H2,1-2H3. The third-order valence-corrected chi connectivity index (χ3v) is 3.70. The van der Waals surface area contributed by atoms with Crippen molar-refractivity contribution in [3.63, 3.8) is 0 Å². The highest BCUT2D eigenvalue weighted by Gasteiger charge is 2.23. The molecule has 1 aliphatic rings. The lowest BCUT2D eigenvalue weighted by molar-refractivity contribution is -0.134. The van der Waals surface area contributed by atoms with Crippen molar-refractivity contribution < 1.29 is 13.9 Å². The van der Waals surface area contributed by atoms with Crippen LogP contribution in [0.15, 0.2) is 18.2 Å². The summed E-state index contributed by atoms with van der Waals surface area (Å²) in [5.41, 5.74) is 6.51. The largest absolute Gasteiger partial charge is 0.494 e. The van der Waals surface area contributed by atoms with E-state index in [4.69, 9.17) is 10.5 Å². The van der Waals surface area contributed by atoms with Crippen LogP contribution >= 0.6 is 0 Å². The molecule has 2 rings (SSSR count). The van der Waals surface area contributed by atoms with Crippen LogP contribution in [0, 0.1) is 5.82 Å². The molecule has 1 aliphatic heterocycles. The van der Waals surface area contributed by atoms with Crippen LogP contribution in [0.1, 0.15) is 12.5 Å². The Morgan fingerprint density at radius 1 is 1.38 bits per heavy atom. The van der Waals surface area contributed by atoms with Gasteiger partial charge in [-0.05, 0) is 24.6 Å². The molecular weight excluding hydrogens is 273 g/mol. The number of carbonyl (C=O) groups is 1. The fourth-order valence-corrected chi connectivity index (χ4v) is 2.48. The molecule has 5 nitrogen and oxygen atoms in total. The highest BCUT2D eigenvalue weighted by molar-refractivity contribution is 5.81. The van der Waals surface area contributed by atoms with E-state index in [2.05, 4.69) is 4.90 Å². The van der Waals surface area contributed by atoms with Crippen molar-refractivity contribution in [2.75, 3.05) is 33.3 Å². The molecule has 1 heterocycles. The summed E-state index contributed by atoms with van der Waals surface area (Å²) in [5, 5.41) is 0. The zero-order valence-electron chi connectivity index (χ0n) is 12.5. The maximum absolute atomic E-state index is 13.7. The smallest absolute Gasteiger partial charge is 0.239 e. The predicted molar refractivity (Wildman–Crippen MR) is 78.5 cm³/mol. The third kappa shape index (κ3) is 3.92. The van der Waals surface area contributed by atoms with Crippen molar-refractivity contribution in [3.8, 4) is 5.75 Å². The molecule has 116 valence electrons. The van der Waals surface area contributed by atoms with Crippen LogP contribution in [0.25, 0.3) is 0 Å². The monoisotopic (exact) mass is 295 g/mol. The second-order valence-electron chi connectivity index (χ2n) is 5.36. The van der Waals surface area contributed by atoms with Crippen LogP contribution in [0.3, 0.4) is 0 Å². The number of carbonyl (C=O) groups excluding carboxylic acids is 1. The van der Waals surface area contributed by atoms with E-state index in [0.717, 1.165) is 18.7 Å². The minimum absolute atomic E-state index is 0.00913. The zero-order valence-corrected chi connectivity index (χ0v) is 12.5. The van der Waals surface area contributed by atoms with Gasteiger partial charge in [-0.1, -0.05) is 6.07 Å². The molecule has 1 aromatic rings.